The van der Waals surface area contributed by atoms with Crippen LogP contribution in [0.1, 0.15) is 48.7 Å². The van der Waals surface area contributed by atoms with Crippen molar-refractivity contribution in [3.05, 3.63) is 11.1 Å². The molecule has 1 unspecified atom stereocenters. The minimum atomic E-state index is -0.539. The number of rotatable bonds is 7. The molecule has 1 aromatic rings. The maximum atomic E-state index is 12.1. The molecular weight excluding hydrogens is 300 g/mol. The molecule has 2 bridgehead atoms. The predicted octanol–water partition coefficient (Wildman–Crippen LogP) is 2.46. The fourth-order valence-corrected chi connectivity index (χ4v) is 4.61. The number of fused-ring (bicyclic) bond motifs is 2. The van der Waals surface area contributed by atoms with E-state index in [4.69, 9.17) is 4.74 Å². The Morgan fingerprint density at radius 3 is 2.77 bits per heavy atom. The molecule has 2 aliphatic carbocycles. The summed E-state index contributed by atoms with van der Waals surface area (Å²) >= 11 is 1.22. The number of nitrogens with one attached hydrogen (secondary N) is 1. The number of carbonyl (C=O) groups is 1. The molecule has 2 saturated carbocycles. The first-order valence-corrected chi connectivity index (χ1v) is 9.00. The highest BCUT2D eigenvalue weighted by molar-refractivity contribution is 7.15. The summed E-state index contributed by atoms with van der Waals surface area (Å²) in [5.41, 5.74) is 0. The van der Waals surface area contributed by atoms with Gasteiger partial charge >= 0.3 is 0 Å². The minimum Gasteiger partial charge on any atom is -0.467 e. The topological polar surface area (TPSA) is 71.5 Å². The Morgan fingerprint density at radius 1 is 1.45 bits per heavy atom. The standard InChI is InChI=1S/C16H24N2O3S/c1-10(19)9-21-16-18-8-14(22-16)15(20)17-7-6-13-11-2-3-12(13)5-4-11/h8,10-13,19H,2-7,9H2,1H3,(H,17,20). The maximum Gasteiger partial charge on any atom is 0.273 e. The van der Waals surface area contributed by atoms with Gasteiger partial charge in [0, 0.05) is 6.54 Å². The zero-order chi connectivity index (χ0) is 15.5. The van der Waals surface area contributed by atoms with E-state index >= 15 is 0 Å². The Balaban J connectivity index is 1.42. The molecule has 2 N–H and O–H groups in total. The Hall–Kier alpha value is -1.14. The van der Waals surface area contributed by atoms with Gasteiger partial charge in [0.15, 0.2) is 0 Å². The summed E-state index contributed by atoms with van der Waals surface area (Å²) in [6, 6.07) is 0. The third-order valence-electron chi connectivity index (χ3n) is 4.95. The van der Waals surface area contributed by atoms with E-state index < -0.39 is 6.10 Å². The molecule has 2 fully saturated rings. The molecule has 2 aliphatic rings. The van der Waals surface area contributed by atoms with E-state index in [1.54, 1.807) is 6.92 Å². The molecule has 0 saturated heterocycles. The van der Waals surface area contributed by atoms with Crippen LogP contribution in [0.4, 0.5) is 0 Å². The Morgan fingerprint density at radius 2 is 2.14 bits per heavy atom. The second-order valence-corrected chi connectivity index (χ2v) is 7.53. The van der Waals surface area contributed by atoms with Crippen LogP contribution >= 0.6 is 11.3 Å². The van der Waals surface area contributed by atoms with E-state index in [1.807, 2.05) is 0 Å². The first kappa shape index (κ1) is 15.7. The van der Waals surface area contributed by atoms with Gasteiger partial charge in [0.1, 0.15) is 11.5 Å². The third kappa shape index (κ3) is 3.60. The van der Waals surface area contributed by atoms with Crippen molar-refractivity contribution < 1.29 is 14.6 Å². The van der Waals surface area contributed by atoms with Gasteiger partial charge in [-0.25, -0.2) is 4.98 Å². The van der Waals surface area contributed by atoms with Crippen LogP contribution in [0, 0.1) is 17.8 Å². The van der Waals surface area contributed by atoms with Crippen molar-refractivity contribution in [2.24, 2.45) is 17.8 Å². The average Bonchev–Trinajstić information content (AvgIpc) is 3.21. The summed E-state index contributed by atoms with van der Waals surface area (Å²) in [7, 11) is 0. The first-order valence-electron chi connectivity index (χ1n) is 8.18. The summed E-state index contributed by atoms with van der Waals surface area (Å²) in [4.78, 5) is 16.7. The van der Waals surface area contributed by atoms with Gasteiger partial charge in [-0.05, 0) is 56.8 Å². The lowest BCUT2D eigenvalue weighted by Gasteiger charge is -2.15. The van der Waals surface area contributed by atoms with Gasteiger partial charge in [0.2, 0.25) is 0 Å². The highest BCUT2D eigenvalue weighted by atomic mass is 32.1. The quantitative estimate of drug-likeness (QED) is 0.808. The smallest absolute Gasteiger partial charge is 0.273 e. The summed E-state index contributed by atoms with van der Waals surface area (Å²) in [6.07, 6.45) is 7.67. The minimum absolute atomic E-state index is 0.0743. The lowest BCUT2D eigenvalue weighted by molar-refractivity contribution is 0.0954. The number of aromatic nitrogens is 1. The number of aliphatic hydroxyl groups excluding tert-OH is 1. The summed E-state index contributed by atoms with van der Waals surface area (Å²) < 4.78 is 5.30. The van der Waals surface area contributed by atoms with Crippen LogP contribution in [0.25, 0.3) is 0 Å². The van der Waals surface area contributed by atoms with Crippen LogP contribution in [-0.4, -0.2) is 35.3 Å². The lowest BCUT2D eigenvalue weighted by atomic mass is 9.94. The number of carbonyl (C=O) groups excluding carboxylic acids is 1. The molecule has 1 aromatic heterocycles. The first-order chi connectivity index (χ1) is 10.6. The van der Waals surface area contributed by atoms with Crippen molar-refractivity contribution in [1.29, 1.82) is 0 Å². The van der Waals surface area contributed by atoms with Crippen LogP contribution in [-0.2, 0) is 0 Å². The Labute approximate surface area is 135 Å². The van der Waals surface area contributed by atoms with Gasteiger partial charge in [-0.15, -0.1) is 0 Å². The second-order valence-electron chi connectivity index (χ2n) is 6.53. The SMILES string of the molecule is CC(O)COc1ncc(C(=O)NCCC2C3CCC2CC3)s1. The van der Waals surface area contributed by atoms with E-state index in [-0.39, 0.29) is 12.5 Å². The monoisotopic (exact) mass is 324 g/mol. The van der Waals surface area contributed by atoms with Crippen LogP contribution in [0.15, 0.2) is 6.20 Å². The largest absolute Gasteiger partial charge is 0.467 e. The van der Waals surface area contributed by atoms with Gasteiger partial charge in [-0.3, -0.25) is 4.79 Å². The Kier molecular flexibility index (Phi) is 4.98. The molecule has 3 rings (SSSR count). The highest BCUT2D eigenvalue weighted by Gasteiger charge is 2.40. The van der Waals surface area contributed by atoms with E-state index in [9.17, 15) is 9.90 Å². The van der Waals surface area contributed by atoms with Crippen LogP contribution in [0.2, 0.25) is 0 Å². The van der Waals surface area contributed by atoms with Crippen molar-refractivity contribution in [2.75, 3.05) is 13.2 Å². The van der Waals surface area contributed by atoms with E-state index in [0.717, 1.165) is 30.7 Å². The van der Waals surface area contributed by atoms with Crippen LogP contribution in [0.3, 0.4) is 0 Å². The molecule has 0 aliphatic heterocycles. The molecule has 1 atom stereocenters. The summed E-state index contributed by atoms with van der Waals surface area (Å²) in [5.74, 6) is 2.57. The van der Waals surface area contributed by atoms with Gasteiger partial charge in [0.25, 0.3) is 11.1 Å². The molecule has 1 heterocycles. The Bertz CT molecular complexity index is 497. The van der Waals surface area contributed by atoms with Crippen molar-refractivity contribution >= 4 is 17.2 Å². The number of ether oxygens (including phenoxy) is 1. The lowest BCUT2D eigenvalue weighted by Crippen LogP contribution is -2.26. The zero-order valence-electron chi connectivity index (χ0n) is 13.0. The van der Waals surface area contributed by atoms with Gasteiger partial charge in [0.05, 0.1) is 12.3 Å². The fraction of sp³-hybridized carbons (Fsp3) is 0.750. The van der Waals surface area contributed by atoms with E-state index in [2.05, 4.69) is 10.3 Å². The van der Waals surface area contributed by atoms with Crippen LogP contribution in [0.5, 0.6) is 5.19 Å². The molecule has 0 aromatic carbocycles. The number of amides is 1. The van der Waals surface area contributed by atoms with Gasteiger partial charge in [-0.2, -0.15) is 0 Å². The predicted molar refractivity (Wildman–Crippen MR) is 85.2 cm³/mol. The van der Waals surface area contributed by atoms with E-state index in [0.29, 0.717) is 10.1 Å². The number of thiazole rings is 1. The molecule has 122 valence electrons. The maximum absolute atomic E-state index is 12.1. The molecule has 0 radical (unpaired) electrons. The fourth-order valence-electron chi connectivity index (χ4n) is 3.92. The molecule has 6 heteroatoms. The number of hydrogen-bond donors (Lipinski definition) is 2. The number of aliphatic hydroxyl groups is 1. The normalized spacial score (nSPS) is 27.8. The number of nitrogens with zero attached hydrogens (tertiary/aromatic N) is 1. The highest BCUT2D eigenvalue weighted by Crippen LogP contribution is 2.50. The molecule has 5 nitrogen and oxygen atoms in total. The summed E-state index contributed by atoms with van der Waals surface area (Å²) in [5, 5.41) is 12.6. The average molecular weight is 324 g/mol. The van der Waals surface area contributed by atoms with Crippen molar-refractivity contribution in [3.8, 4) is 5.19 Å². The molecule has 22 heavy (non-hydrogen) atoms. The van der Waals surface area contributed by atoms with Crippen molar-refractivity contribution in [2.45, 2.75) is 45.1 Å². The van der Waals surface area contributed by atoms with E-state index in [1.165, 1.54) is 43.2 Å². The number of hydrogen-bond acceptors (Lipinski definition) is 5. The molecule has 1 amide bonds. The third-order valence-corrected chi connectivity index (χ3v) is 5.86. The van der Waals surface area contributed by atoms with Crippen molar-refractivity contribution in [3.63, 3.8) is 0 Å². The summed E-state index contributed by atoms with van der Waals surface area (Å²) in [6.45, 7) is 2.59. The zero-order valence-corrected chi connectivity index (χ0v) is 13.8. The molecular formula is C16H24N2O3S. The van der Waals surface area contributed by atoms with Crippen molar-refractivity contribution in [1.82, 2.24) is 10.3 Å². The molecule has 0 spiro atoms. The second kappa shape index (κ2) is 6.96. The van der Waals surface area contributed by atoms with Gasteiger partial charge in [-0.1, -0.05) is 11.3 Å². The van der Waals surface area contributed by atoms with Gasteiger partial charge < -0.3 is 15.2 Å². The van der Waals surface area contributed by atoms with Crippen LogP contribution < -0.4 is 10.1 Å².